The lowest BCUT2D eigenvalue weighted by molar-refractivity contribution is 0.195. The van der Waals surface area contributed by atoms with Crippen LogP contribution in [0.4, 0.5) is 0 Å². The third-order valence-corrected chi connectivity index (χ3v) is 6.56. The zero-order chi connectivity index (χ0) is 14.4. The summed E-state index contributed by atoms with van der Waals surface area (Å²) in [6, 6.07) is 4.19. The first kappa shape index (κ1) is 15.9. The fourth-order valence-corrected chi connectivity index (χ4v) is 5.47. The fraction of sp³-hybridized carbons (Fsp3) is 0.714. The van der Waals surface area contributed by atoms with Crippen LogP contribution in [-0.4, -0.2) is 46.7 Å². The lowest BCUT2D eigenvalue weighted by Crippen LogP contribution is -2.32. The number of hydrogen-bond donors (Lipinski definition) is 1. The van der Waals surface area contributed by atoms with E-state index in [1.165, 1.54) is 4.88 Å². The summed E-state index contributed by atoms with van der Waals surface area (Å²) >= 11 is 1.75. The van der Waals surface area contributed by atoms with E-state index in [-0.39, 0.29) is 5.92 Å². The summed E-state index contributed by atoms with van der Waals surface area (Å²) in [7, 11) is -1.11. The Bertz CT molecular complexity index is 485. The average molecular weight is 317 g/mol. The van der Waals surface area contributed by atoms with Gasteiger partial charge in [-0.15, -0.1) is 11.3 Å². The molecule has 0 saturated carbocycles. The van der Waals surface area contributed by atoms with Gasteiger partial charge in [-0.05, 0) is 42.7 Å². The summed E-state index contributed by atoms with van der Waals surface area (Å²) < 4.78 is 28.4. The third-order valence-electron chi connectivity index (χ3n) is 3.87. The molecule has 2 heterocycles. The molecule has 0 aliphatic carbocycles. The Kier molecular flexibility index (Phi) is 6.01. The maximum absolute atomic E-state index is 11.7. The lowest BCUT2D eigenvalue weighted by atomic mass is 9.88. The van der Waals surface area contributed by atoms with Crippen molar-refractivity contribution in [1.29, 1.82) is 0 Å². The summed E-state index contributed by atoms with van der Waals surface area (Å²) in [6.45, 7) is 2.37. The molecule has 2 atom stereocenters. The first-order valence-electron chi connectivity index (χ1n) is 7.03. The predicted molar refractivity (Wildman–Crippen MR) is 83.0 cm³/mol. The maximum atomic E-state index is 11.7. The van der Waals surface area contributed by atoms with Crippen molar-refractivity contribution in [2.24, 2.45) is 11.8 Å². The Balaban J connectivity index is 1.92. The van der Waals surface area contributed by atoms with Gasteiger partial charge in [-0.25, -0.2) is 8.42 Å². The molecule has 1 saturated heterocycles. The van der Waals surface area contributed by atoms with E-state index in [2.05, 4.69) is 22.8 Å². The van der Waals surface area contributed by atoms with Gasteiger partial charge in [0.15, 0.2) is 9.84 Å². The molecule has 0 bridgehead atoms. The van der Waals surface area contributed by atoms with Crippen LogP contribution in [0.2, 0.25) is 0 Å². The molecule has 2 rings (SSSR count). The van der Waals surface area contributed by atoms with Gasteiger partial charge in [-0.2, -0.15) is 0 Å². The van der Waals surface area contributed by atoms with Crippen molar-refractivity contribution in [3.05, 3.63) is 22.4 Å². The molecule has 2 unspecified atom stereocenters. The molecule has 1 aliphatic heterocycles. The fourth-order valence-electron chi connectivity index (χ4n) is 2.75. The molecule has 114 valence electrons. The number of sulfone groups is 1. The standard InChI is InChI=1S/C14H23NO3S2/c1-18-6-5-15-10-13(9-14-3-2-7-19-14)12-4-8-20(16,17)11-12/h2-3,7,12-13,15H,4-6,8-11H2,1H3. The smallest absolute Gasteiger partial charge is 0.150 e. The van der Waals surface area contributed by atoms with Crippen LogP contribution >= 0.6 is 11.3 Å². The third kappa shape index (κ3) is 4.84. The van der Waals surface area contributed by atoms with Crippen molar-refractivity contribution < 1.29 is 13.2 Å². The Morgan fingerprint density at radius 2 is 2.40 bits per heavy atom. The SMILES string of the molecule is COCCNCC(Cc1cccs1)C1CCS(=O)(=O)C1. The van der Waals surface area contributed by atoms with Crippen LogP contribution in [0.15, 0.2) is 17.5 Å². The Morgan fingerprint density at radius 1 is 1.55 bits per heavy atom. The topological polar surface area (TPSA) is 55.4 Å². The van der Waals surface area contributed by atoms with Crippen molar-refractivity contribution in [2.45, 2.75) is 12.8 Å². The largest absolute Gasteiger partial charge is 0.383 e. The average Bonchev–Trinajstić information content (AvgIpc) is 3.02. The van der Waals surface area contributed by atoms with Gasteiger partial charge in [0.05, 0.1) is 18.1 Å². The van der Waals surface area contributed by atoms with Crippen LogP contribution < -0.4 is 5.32 Å². The van der Waals surface area contributed by atoms with Crippen LogP contribution in [0.5, 0.6) is 0 Å². The molecule has 0 radical (unpaired) electrons. The first-order valence-corrected chi connectivity index (χ1v) is 9.73. The van der Waals surface area contributed by atoms with Crippen LogP contribution in [0, 0.1) is 11.8 Å². The molecule has 1 aliphatic rings. The van der Waals surface area contributed by atoms with Gasteiger partial charge >= 0.3 is 0 Å². The minimum Gasteiger partial charge on any atom is -0.383 e. The highest BCUT2D eigenvalue weighted by atomic mass is 32.2. The summed E-state index contributed by atoms with van der Waals surface area (Å²) in [5.74, 6) is 1.39. The lowest BCUT2D eigenvalue weighted by Gasteiger charge is -2.22. The minimum atomic E-state index is -2.80. The van der Waals surface area contributed by atoms with Crippen molar-refractivity contribution in [1.82, 2.24) is 5.32 Å². The van der Waals surface area contributed by atoms with Crippen molar-refractivity contribution in [3.8, 4) is 0 Å². The first-order chi connectivity index (χ1) is 9.61. The molecule has 0 aromatic carbocycles. The second kappa shape index (κ2) is 7.54. The van der Waals surface area contributed by atoms with E-state index in [9.17, 15) is 8.42 Å². The van der Waals surface area contributed by atoms with Gasteiger partial charge in [-0.1, -0.05) is 6.07 Å². The highest BCUT2D eigenvalue weighted by Crippen LogP contribution is 2.29. The highest BCUT2D eigenvalue weighted by Gasteiger charge is 2.33. The molecule has 1 aromatic rings. The van der Waals surface area contributed by atoms with Gasteiger partial charge in [0.2, 0.25) is 0 Å². The molecule has 1 fully saturated rings. The number of thiophene rings is 1. The van der Waals surface area contributed by atoms with E-state index < -0.39 is 9.84 Å². The second-order valence-electron chi connectivity index (χ2n) is 5.40. The van der Waals surface area contributed by atoms with Crippen LogP contribution in [-0.2, 0) is 21.0 Å². The summed E-state index contributed by atoms with van der Waals surface area (Å²) in [5.41, 5.74) is 0. The molecule has 1 aromatic heterocycles. The molecule has 1 N–H and O–H groups in total. The van der Waals surface area contributed by atoms with E-state index in [1.807, 2.05) is 0 Å². The van der Waals surface area contributed by atoms with Gasteiger partial charge in [0.25, 0.3) is 0 Å². The van der Waals surface area contributed by atoms with Gasteiger partial charge in [0.1, 0.15) is 0 Å². The van der Waals surface area contributed by atoms with E-state index >= 15 is 0 Å². The van der Waals surface area contributed by atoms with Gasteiger partial charge in [-0.3, -0.25) is 0 Å². The Labute approximate surface area is 125 Å². The number of ether oxygens (including phenoxy) is 1. The van der Waals surface area contributed by atoms with Crippen molar-refractivity contribution in [3.63, 3.8) is 0 Å². The zero-order valence-corrected chi connectivity index (χ0v) is 13.5. The predicted octanol–water partition coefficient (Wildman–Crippen LogP) is 1.58. The highest BCUT2D eigenvalue weighted by molar-refractivity contribution is 7.91. The van der Waals surface area contributed by atoms with Crippen molar-refractivity contribution in [2.75, 3.05) is 38.3 Å². The van der Waals surface area contributed by atoms with E-state index in [0.29, 0.717) is 24.0 Å². The van der Waals surface area contributed by atoms with Gasteiger partial charge < -0.3 is 10.1 Å². The van der Waals surface area contributed by atoms with Crippen LogP contribution in [0.25, 0.3) is 0 Å². The van der Waals surface area contributed by atoms with Crippen molar-refractivity contribution >= 4 is 21.2 Å². The molecular formula is C14H23NO3S2. The number of rotatable bonds is 8. The van der Waals surface area contributed by atoms with Crippen LogP contribution in [0.1, 0.15) is 11.3 Å². The summed E-state index contributed by atoms with van der Waals surface area (Å²) in [6.07, 6.45) is 1.78. The van der Waals surface area contributed by atoms with Crippen LogP contribution in [0.3, 0.4) is 0 Å². The molecular weight excluding hydrogens is 294 g/mol. The molecule has 0 spiro atoms. The Hall–Kier alpha value is -0.430. The monoisotopic (exact) mass is 317 g/mol. The van der Waals surface area contributed by atoms with Gasteiger partial charge in [0, 0.05) is 18.5 Å². The second-order valence-corrected chi connectivity index (χ2v) is 8.66. The van der Waals surface area contributed by atoms with E-state index in [0.717, 1.165) is 25.9 Å². The molecule has 6 heteroatoms. The zero-order valence-electron chi connectivity index (χ0n) is 11.9. The molecule has 4 nitrogen and oxygen atoms in total. The minimum absolute atomic E-state index is 0.289. The maximum Gasteiger partial charge on any atom is 0.150 e. The summed E-state index contributed by atoms with van der Waals surface area (Å²) in [5, 5.41) is 5.47. The quantitative estimate of drug-likeness (QED) is 0.740. The normalized spacial score (nSPS) is 22.9. The number of methoxy groups -OCH3 is 1. The molecule has 0 amide bonds. The number of hydrogen-bond acceptors (Lipinski definition) is 5. The van der Waals surface area contributed by atoms with E-state index in [1.54, 1.807) is 18.4 Å². The number of nitrogens with one attached hydrogen (secondary N) is 1. The van der Waals surface area contributed by atoms with E-state index in [4.69, 9.17) is 4.74 Å². The Morgan fingerprint density at radius 3 is 3.00 bits per heavy atom. The summed E-state index contributed by atoms with van der Waals surface area (Å²) in [4.78, 5) is 1.34. The molecule has 20 heavy (non-hydrogen) atoms.